The monoisotopic (exact) mass is 644 g/mol. The summed E-state index contributed by atoms with van der Waals surface area (Å²) in [6.07, 6.45) is 0. The van der Waals surface area contributed by atoms with Gasteiger partial charge in [-0.2, -0.15) is 0 Å². The highest BCUT2D eigenvalue weighted by atomic mass is 34.0. The molecule has 0 aromatic heterocycles. The molecule has 0 aliphatic rings. The first kappa shape index (κ1) is 42.6. The molecule has 0 aliphatic carbocycles. The largest absolute Gasteiger partial charge is 0.576 e. The van der Waals surface area contributed by atoms with Gasteiger partial charge >= 0.3 is 16.8 Å². The predicted octanol–water partition coefficient (Wildman–Crippen LogP) is 8.02. The maximum Gasteiger partial charge on any atom is 0.576 e. The molecule has 0 spiro atoms. The molecule has 0 aliphatic heterocycles. The van der Waals surface area contributed by atoms with Crippen LogP contribution in [0.1, 0.15) is 55.4 Å². The highest BCUT2D eigenvalue weighted by Gasteiger charge is 2.59. The van der Waals surface area contributed by atoms with Crippen molar-refractivity contribution in [2.45, 2.75) is 61.4 Å². The van der Waals surface area contributed by atoms with Crippen LogP contribution in [0.2, 0.25) is 6.04 Å². The van der Waals surface area contributed by atoms with Gasteiger partial charge in [-0.1, -0.05) is 44.7 Å². The summed E-state index contributed by atoms with van der Waals surface area (Å²) >= 11 is 8.61. The molecule has 8 nitrogen and oxygen atoms in total. The lowest BCUT2D eigenvalue weighted by atomic mass is 10.9. The van der Waals surface area contributed by atoms with Crippen molar-refractivity contribution in [2.75, 3.05) is 45.4 Å². The molecule has 0 fully saturated rings. The van der Waals surface area contributed by atoms with E-state index in [-0.39, 0.29) is 12.3 Å². The van der Waals surface area contributed by atoms with E-state index >= 15 is 0 Å². The third kappa shape index (κ3) is 14.9. The van der Waals surface area contributed by atoms with E-state index in [1.165, 1.54) is 19.7 Å². The Morgan fingerprint density at radius 3 is 1.06 bits per heavy atom. The van der Waals surface area contributed by atoms with E-state index in [9.17, 15) is 0 Å². The molecule has 0 heterocycles. The highest BCUT2D eigenvalue weighted by molar-refractivity contribution is 9.57. The molecule has 0 unspecified atom stereocenters. The van der Waals surface area contributed by atoms with Crippen molar-refractivity contribution < 1.29 is 26.6 Å². The van der Waals surface area contributed by atoms with Crippen LogP contribution in [-0.2, 0) is 26.6 Å². The Hall–Kier alpha value is 2.56. The molecule has 0 bridgehead atoms. The van der Waals surface area contributed by atoms with E-state index < -0.39 is 24.3 Å². The number of rotatable bonds is 19. The minimum absolute atomic E-state index is 0. The zero-order valence-electron chi connectivity index (χ0n) is 21.5. The van der Waals surface area contributed by atoms with Crippen LogP contribution in [0.4, 0.5) is 0 Å². The molecule has 0 radical (unpaired) electrons. The lowest BCUT2D eigenvalue weighted by molar-refractivity contribution is 0.0725. The van der Waals surface area contributed by atoms with Gasteiger partial charge < -0.3 is 38.9 Å². The fourth-order valence-corrected chi connectivity index (χ4v) is 41.9. The van der Waals surface area contributed by atoms with Gasteiger partial charge in [-0.15, -0.1) is 0 Å². The van der Waals surface area contributed by atoms with Crippen molar-refractivity contribution in [3.63, 3.8) is 0 Å². The van der Waals surface area contributed by atoms with Crippen LogP contribution in [0.5, 0.6) is 0 Å². The topological polar surface area (TPSA) is 125 Å². The summed E-state index contributed by atoms with van der Waals surface area (Å²) in [5, 5.41) is 0. The van der Waals surface area contributed by atoms with Crippen LogP contribution >= 0.6 is 70.2 Å². The maximum absolute atomic E-state index is 6.07. The van der Waals surface area contributed by atoms with Gasteiger partial charge in [-0.3, -0.25) is 0 Å². The Labute approximate surface area is 231 Å². The second-order valence-corrected chi connectivity index (χ2v) is 28.8. The summed E-state index contributed by atoms with van der Waals surface area (Å²) in [6, 6.07) is 0.850. The van der Waals surface area contributed by atoms with Gasteiger partial charge in [0.15, 0.2) is 0 Å². The van der Waals surface area contributed by atoms with Crippen molar-refractivity contribution in [3.05, 3.63) is 0 Å². The Morgan fingerprint density at radius 2 is 0.879 bits per heavy atom. The van der Waals surface area contributed by atoms with Crippen molar-refractivity contribution >= 4 is 86.9 Å². The van der Waals surface area contributed by atoms with E-state index in [2.05, 4.69) is 30.2 Å². The molecule has 0 atom stereocenters. The van der Waals surface area contributed by atoms with Gasteiger partial charge in [0.05, 0.1) is 0 Å². The molecule has 0 amide bonds. The lowest BCUT2D eigenvalue weighted by Crippen LogP contribution is -2.49. The summed E-state index contributed by atoms with van der Waals surface area (Å²) in [5.41, 5.74) is 0. The Morgan fingerprint density at radius 1 is 0.576 bits per heavy atom. The predicted molar refractivity (Wildman–Crippen MR) is 168 cm³/mol. The molecule has 0 rings (SSSR count). The lowest BCUT2D eigenvalue weighted by Gasteiger charge is -2.45. The Bertz CT molecular complexity index is 389. The molecule has 33 heavy (non-hydrogen) atoms. The van der Waals surface area contributed by atoms with Crippen molar-refractivity contribution in [1.82, 2.24) is 12.3 Å². The van der Waals surface area contributed by atoms with Crippen LogP contribution in [-0.4, -0.2) is 62.2 Å². The van der Waals surface area contributed by atoms with Gasteiger partial charge in [-0.25, -0.2) is 0 Å². The van der Waals surface area contributed by atoms with E-state index in [1.54, 1.807) is 19.7 Å². The van der Waals surface area contributed by atoms with E-state index in [1.807, 2.05) is 48.5 Å². The second-order valence-electron chi connectivity index (χ2n) is 5.32. The zero-order chi connectivity index (χ0) is 24.2. The summed E-state index contributed by atoms with van der Waals surface area (Å²) in [6.45, 7) is 19.8. The average Bonchev–Trinajstić information content (AvgIpc) is 2.75. The summed E-state index contributed by atoms with van der Waals surface area (Å²) in [5.74, 6) is 0.940. The van der Waals surface area contributed by atoms with Gasteiger partial charge in [0.1, 0.15) is 0 Å². The van der Waals surface area contributed by atoms with Gasteiger partial charge in [0.25, 0.3) is 0 Å². The molecular formula is C16H48N2O6S7Si2. The molecule has 208 valence electrons. The fraction of sp³-hybridized carbons (Fsp3) is 1.00. The molecule has 6 N–H and O–H groups in total. The van der Waals surface area contributed by atoms with E-state index in [0.29, 0.717) is 39.6 Å². The quantitative estimate of drug-likeness (QED) is 0.0618. The second kappa shape index (κ2) is 26.2. The van der Waals surface area contributed by atoms with Crippen LogP contribution in [0.3, 0.4) is 0 Å². The first-order valence-electron chi connectivity index (χ1n) is 10.5. The standard InChI is InChI=1S/C8H22O3S7Si.C8H20O3Si.2H3N/c1-5-9-19(10-6-2,11-7-3)18(8-4,16-14-12)17-15-13;1-5-9-12(8-4,10-6-2)11-7-3;;/h12-13H,5-8H2,1-4H3;5-8H2,1-4H3;2*1H3. The summed E-state index contributed by atoms with van der Waals surface area (Å²) in [7, 11) is -0.0181. The zero-order valence-corrected chi connectivity index (χ0v) is 29.3. The first-order valence-corrected chi connectivity index (χ1v) is 24.1. The fourth-order valence-electron chi connectivity index (χ4n) is 2.48. The van der Waals surface area contributed by atoms with E-state index in [4.69, 9.17) is 26.6 Å². The number of thiol groups is 2. The minimum Gasteiger partial charge on any atom is -0.374 e. The molecule has 0 aromatic rings. The average molecular weight is 645 g/mol. The smallest absolute Gasteiger partial charge is 0.374 e. The maximum atomic E-state index is 6.07. The number of hydrogen-bond acceptors (Lipinski definition) is 14. The molecule has 17 heteroatoms. The Kier molecular flexibility index (Phi) is 33.8. The van der Waals surface area contributed by atoms with E-state index in [0.717, 1.165) is 11.8 Å². The van der Waals surface area contributed by atoms with Crippen LogP contribution in [0.15, 0.2) is 0 Å². The summed E-state index contributed by atoms with van der Waals surface area (Å²) < 4.78 is 34.9. The van der Waals surface area contributed by atoms with Crippen LogP contribution in [0, 0.1) is 0 Å². The normalized spacial score (nSPS) is 12.3. The van der Waals surface area contributed by atoms with Crippen molar-refractivity contribution in [1.29, 1.82) is 0 Å². The van der Waals surface area contributed by atoms with Gasteiger partial charge in [-0.05, 0) is 86.6 Å². The number of hydrogen-bond donors (Lipinski definition) is 4. The third-order valence-corrected chi connectivity index (χ3v) is 36.6. The van der Waals surface area contributed by atoms with Gasteiger partial charge in [0.2, 0.25) is 0 Å². The summed E-state index contributed by atoms with van der Waals surface area (Å²) in [4.78, 5) is 0. The molecular weight excluding hydrogens is 597 g/mol. The Balaban J connectivity index is -0.000000262. The highest BCUT2D eigenvalue weighted by Crippen LogP contribution is 2.81. The molecule has 0 saturated heterocycles. The molecule has 0 saturated carbocycles. The van der Waals surface area contributed by atoms with Crippen molar-refractivity contribution in [2.24, 2.45) is 0 Å². The third-order valence-electron chi connectivity index (χ3n) is 3.53. The SMILES string of the molecule is CCO[Si](CC)(OCC)OCC.CCO[Si](OCC)(OCC)S(CC)(SSS)SSS.N.N. The minimum atomic E-state index is -2.75. The molecule has 0 aromatic carbocycles. The van der Waals surface area contributed by atoms with Crippen LogP contribution < -0.4 is 12.3 Å². The first-order chi connectivity index (χ1) is 14.9. The van der Waals surface area contributed by atoms with Crippen LogP contribution in [0.25, 0.3) is 0 Å². The van der Waals surface area contributed by atoms with Crippen molar-refractivity contribution in [3.8, 4) is 0 Å². The van der Waals surface area contributed by atoms with Gasteiger partial charge in [0, 0.05) is 45.7 Å².